The molecule has 1 heterocycles. The Kier molecular flexibility index (Phi) is 3.81. The smallest absolute Gasteiger partial charge is 0.154 e. The van der Waals surface area contributed by atoms with Crippen LogP contribution in [-0.2, 0) is 15.6 Å². The zero-order valence-corrected chi connectivity index (χ0v) is 11.1. The minimum absolute atomic E-state index is 0.122. The molecule has 0 spiro atoms. The number of benzene rings is 1. The Morgan fingerprint density at radius 3 is 2.76 bits per heavy atom. The third kappa shape index (κ3) is 3.06. The van der Waals surface area contributed by atoms with Gasteiger partial charge in [0.1, 0.15) is 0 Å². The molecule has 17 heavy (non-hydrogen) atoms. The topological polar surface area (TPSA) is 60.2 Å². The Labute approximate surface area is 105 Å². The molecule has 0 aliphatic heterocycles. The Balaban J connectivity index is 2.24. The summed E-state index contributed by atoms with van der Waals surface area (Å²) in [4.78, 5) is 0. The van der Waals surface area contributed by atoms with E-state index in [1.165, 1.54) is 0 Å². The van der Waals surface area contributed by atoms with E-state index in [4.69, 9.17) is 5.73 Å². The van der Waals surface area contributed by atoms with Gasteiger partial charge in [0, 0.05) is 4.70 Å². The van der Waals surface area contributed by atoms with E-state index in [1.807, 2.05) is 29.6 Å². The van der Waals surface area contributed by atoms with Crippen LogP contribution >= 0.6 is 11.3 Å². The first kappa shape index (κ1) is 12.5. The lowest BCUT2D eigenvalue weighted by Gasteiger charge is -2.02. The molecule has 0 fully saturated rings. The van der Waals surface area contributed by atoms with Crippen molar-refractivity contribution in [3.05, 3.63) is 35.2 Å². The second-order valence-electron chi connectivity index (χ2n) is 3.99. The molecule has 0 saturated carbocycles. The van der Waals surface area contributed by atoms with Gasteiger partial charge in [0.2, 0.25) is 0 Å². The van der Waals surface area contributed by atoms with Gasteiger partial charge in [-0.15, -0.1) is 11.3 Å². The van der Waals surface area contributed by atoms with Crippen LogP contribution in [0.15, 0.2) is 29.6 Å². The summed E-state index contributed by atoms with van der Waals surface area (Å²) in [6, 6.07) is 7.88. The van der Waals surface area contributed by atoms with Crippen LogP contribution in [0.5, 0.6) is 0 Å². The largest absolute Gasteiger partial charge is 0.330 e. The highest BCUT2D eigenvalue weighted by Gasteiger charge is 2.14. The summed E-state index contributed by atoms with van der Waals surface area (Å²) in [5, 5.41) is 2.99. The van der Waals surface area contributed by atoms with Crippen LogP contribution in [0.1, 0.15) is 12.0 Å². The molecule has 92 valence electrons. The molecule has 0 bridgehead atoms. The quantitative estimate of drug-likeness (QED) is 0.905. The van der Waals surface area contributed by atoms with Crippen LogP contribution in [0.4, 0.5) is 0 Å². The lowest BCUT2D eigenvalue weighted by molar-refractivity contribution is 0.593. The lowest BCUT2D eigenvalue weighted by Crippen LogP contribution is -2.12. The van der Waals surface area contributed by atoms with E-state index in [-0.39, 0.29) is 11.5 Å². The van der Waals surface area contributed by atoms with Crippen LogP contribution in [-0.4, -0.2) is 20.7 Å². The van der Waals surface area contributed by atoms with Crippen molar-refractivity contribution < 1.29 is 8.42 Å². The van der Waals surface area contributed by atoms with Crippen LogP contribution in [0.25, 0.3) is 10.1 Å². The number of thiophene rings is 1. The van der Waals surface area contributed by atoms with Crippen molar-refractivity contribution in [2.75, 3.05) is 12.3 Å². The van der Waals surface area contributed by atoms with Crippen LogP contribution in [0.2, 0.25) is 0 Å². The van der Waals surface area contributed by atoms with Crippen molar-refractivity contribution in [3.8, 4) is 0 Å². The maximum atomic E-state index is 11.8. The first-order valence-corrected chi connectivity index (χ1v) is 8.18. The van der Waals surface area contributed by atoms with Crippen LogP contribution in [0.3, 0.4) is 0 Å². The van der Waals surface area contributed by atoms with E-state index in [0.29, 0.717) is 13.0 Å². The third-order valence-electron chi connectivity index (χ3n) is 2.60. The molecule has 0 radical (unpaired) electrons. The van der Waals surface area contributed by atoms with Crippen molar-refractivity contribution >= 4 is 31.3 Å². The summed E-state index contributed by atoms with van der Waals surface area (Å²) < 4.78 is 24.8. The molecule has 1 aromatic carbocycles. The molecular formula is C12H15NO2S2. The summed E-state index contributed by atoms with van der Waals surface area (Å²) in [5.74, 6) is 0.296. The van der Waals surface area contributed by atoms with Gasteiger partial charge in [-0.05, 0) is 35.4 Å². The maximum Gasteiger partial charge on any atom is 0.154 e. The SMILES string of the molecule is NCCCS(=O)(=O)Cc1csc2ccccc12. The fourth-order valence-electron chi connectivity index (χ4n) is 1.76. The number of rotatable bonds is 5. The number of sulfone groups is 1. The fourth-order valence-corrected chi connectivity index (χ4v) is 4.29. The lowest BCUT2D eigenvalue weighted by atomic mass is 10.2. The molecule has 0 aliphatic rings. The second-order valence-corrected chi connectivity index (χ2v) is 7.09. The molecule has 1 aromatic heterocycles. The maximum absolute atomic E-state index is 11.8. The number of hydrogen-bond donors (Lipinski definition) is 1. The molecule has 0 atom stereocenters. The first-order valence-electron chi connectivity index (χ1n) is 5.48. The van der Waals surface area contributed by atoms with Gasteiger partial charge < -0.3 is 5.73 Å². The molecule has 5 heteroatoms. The van der Waals surface area contributed by atoms with E-state index in [0.717, 1.165) is 15.6 Å². The standard InChI is InChI=1S/C12H15NO2S2/c13-6-3-7-17(14,15)9-10-8-16-12-5-2-1-4-11(10)12/h1-2,4-5,8H,3,6-7,9,13H2. The van der Waals surface area contributed by atoms with Crippen LogP contribution < -0.4 is 5.73 Å². The van der Waals surface area contributed by atoms with E-state index in [9.17, 15) is 8.42 Å². The highest BCUT2D eigenvalue weighted by Crippen LogP contribution is 2.27. The third-order valence-corrected chi connectivity index (χ3v) is 5.27. The summed E-state index contributed by atoms with van der Waals surface area (Å²) in [6.07, 6.45) is 0.532. The van der Waals surface area contributed by atoms with Gasteiger partial charge in [0.15, 0.2) is 9.84 Å². The van der Waals surface area contributed by atoms with Gasteiger partial charge in [-0.1, -0.05) is 18.2 Å². The molecule has 0 saturated heterocycles. The Hall–Kier alpha value is -0.910. The van der Waals surface area contributed by atoms with Gasteiger partial charge in [-0.3, -0.25) is 0 Å². The highest BCUT2D eigenvalue weighted by molar-refractivity contribution is 7.90. The number of fused-ring (bicyclic) bond motifs is 1. The zero-order chi connectivity index (χ0) is 12.3. The van der Waals surface area contributed by atoms with Crippen molar-refractivity contribution in [1.82, 2.24) is 0 Å². The molecule has 0 amide bonds. The minimum atomic E-state index is -3.03. The average molecular weight is 269 g/mol. The Morgan fingerprint density at radius 1 is 1.24 bits per heavy atom. The monoisotopic (exact) mass is 269 g/mol. The van der Waals surface area contributed by atoms with Crippen molar-refractivity contribution in [2.45, 2.75) is 12.2 Å². The molecule has 0 aliphatic carbocycles. The van der Waals surface area contributed by atoms with E-state index in [1.54, 1.807) is 11.3 Å². The summed E-state index contributed by atoms with van der Waals surface area (Å²) in [7, 11) is -3.03. The molecule has 3 nitrogen and oxygen atoms in total. The van der Waals surface area contributed by atoms with E-state index >= 15 is 0 Å². The van der Waals surface area contributed by atoms with Gasteiger partial charge in [0.05, 0.1) is 11.5 Å². The first-order chi connectivity index (χ1) is 8.12. The van der Waals surface area contributed by atoms with E-state index in [2.05, 4.69) is 0 Å². The highest BCUT2D eigenvalue weighted by atomic mass is 32.2. The molecule has 2 aromatic rings. The summed E-state index contributed by atoms with van der Waals surface area (Å²) >= 11 is 1.59. The van der Waals surface area contributed by atoms with Crippen molar-refractivity contribution in [1.29, 1.82) is 0 Å². The molecule has 2 rings (SSSR count). The van der Waals surface area contributed by atoms with E-state index < -0.39 is 9.84 Å². The number of hydrogen-bond acceptors (Lipinski definition) is 4. The van der Waals surface area contributed by atoms with Gasteiger partial charge in [-0.25, -0.2) is 8.42 Å². The number of nitrogens with two attached hydrogens (primary N) is 1. The molecule has 0 unspecified atom stereocenters. The summed E-state index contributed by atoms with van der Waals surface area (Å²) in [6.45, 7) is 0.420. The summed E-state index contributed by atoms with van der Waals surface area (Å²) in [5.41, 5.74) is 6.24. The fraction of sp³-hybridized carbons (Fsp3) is 0.333. The molecule has 2 N–H and O–H groups in total. The molecular weight excluding hydrogens is 254 g/mol. The predicted molar refractivity (Wildman–Crippen MR) is 73.0 cm³/mol. The Morgan fingerprint density at radius 2 is 2.00 bits per heavy atom. The zero-order valence-electron chi connectivity index (χ0n) is 9.43. The normalized spacial score (nSPS) is 12.1. The Bertz CT molecular complexity index is 602. The van der Waals surface area contributed by atoms with Crippen molar-refractivity contribution in [2.24, 2.45) is 5.73 Å². The van der Waals surface area contributed by atoms with Gasteiger partial charge >= 0.3 is 0 Å². The predicted octanol–water partition coefficient (Wildman–Crippen LogP) is 2.16. The van der Waals surface area contributed by atoms with Crippen LogP contribution in [0, 0.1) is 0 Å². The second kappa shape index (κ2) is 5.16. The minimum Gasteiger partial charge on any atom is -0.330 e. The van der Waals surface area contributed by atoms with Gasteiger partial charge in [0.25, 0.3) is 0 Å². The van der Waals surface area contributed by atoms with Crippen molar-refractivity contribution in [3.63, 3.8) is 0 Å². The average Bonchev–Trinajstić information content (AvgIpc) is 2.70. The van der Waals surface area contributed by atoms with Gasteiger partial charge in [-0.2, -0.15) is 0 Å².